The van der Waals surface area contributed by atoms with Gasteiger partial charge in [-0.15, -0.1) is 0 Å². The molecule has 1 aromatic heterocycles. The number of hydrogen-bond donors (Lipinski definition) is 1. The molecule has 2 atom stereocenters. The zero-order valence-electron chi connectivity index (χ0n) is 8.68. The lowest BCUT2D eigenvalue weighted by molar-refractivity contribution is 0.187. The lowest BCUT2D eigenvalue weighted by Crippen LogP contribution is -2.38. The molecule has 0 aromatic carbocycles. The van der Waals surface area contributed by atoms with Crippen molar-refractivity contribution in [1.29, 1.82) is 0 Å². The number of nitrogens with zero attached hydrogens (tertiary/aromatic N) is 2. The van der Waals surface area contributed by atoms with Crippen molar-refractivity contribution < 1.29 is 9.84 Å². The van der Waals surface area contributed by atoms with Gasteiger partial charge in [0.1, 0.15) is 6.61 Å². The molecule has 0 spiro atoms. The minimum atomic E-state index is -0.244. The Morgan fingerprint density at radius 3 is 3.27 bits per heavy atom. The monoisotopic (exact) mass is 206 g/mol. The number of anilines is 1. The van der Waals surface area contributed by atoms with Crippen LogP contribution in [0, 0.1) is 6.92 Å². The van der Waals surface area contributed by atoms with Crippen molar-refractivity contribution >= 4 is 5.82 Å². The first-order valence-corrected chi connectivity index (χ1v) is 5.29. The average Bonchev–Trinajstić information content (AvgIpc) is 2.58. The molecular weight excluding hydrogens is 192 g/mol. The second kappa shape index (κ2) is 3.10. The van der Waals surface area contributed by atoms with Gasteiger partial charge in [-0.2, -0.15) is 0 Å². The normalized spacial score (nSPS) is 28.3. The van der Waals surface area contributed by atoms with Crippen LogP contribution in [-0.4, -0.2) is 35.4 Å². The number of hydrogen-bond acceptors (Lipinski definition) is 4. The molecule has 15 heavy (non-hydrogen) atoms. The Kier molecular flexibility index (Phi) is 1.85. The van der Waals surface area contributed by atoms with E-state index in [0.717, 1.165) is 23.7 Å². The molecule has 3 rings (SSSR count). The van der Waals surface area contributed by atoms with Crippen LogP contribution in [0.25, 0.3) is 0 Å². The molecule has 0 saturated carbocycles. The van der Waals surface area contributed by atoms with Gasteiger partial charge in [0.15, 0.2) is 11.6 Å². The molecule has 4 heteroatoms. The van der Waals surface area contributed by atoms with Crippen LogP contribution in [0.3, 0.4) is 0 Å². The molecular formula is C11H14N2O2. The predicted octanol–water partition coefficient (Wildman–Crippen LogP) is 0.722. The number of aliphatic hydroxyl groups excluding tert-OH is 1. The lowest BCUT2D eigenvalue weighted by atomic mass is 10.2. The number of ether oxygens (including phenoxy) is 1. The summed E-state index contributed by atoms with van der Waals surface area (Å²) >= 11 is 0. The molecule has 0 radical (unpaired) electrons. The van der Waals surface area contributed by atoms with Crippen molar-refractivity contribution in [2.75, 3.05) is 18.1 Å². The fourth-order valence-corrected chi connectivity index (χ4v) is 2.34. The fraction of sp³-hybridized carbons (Fsp3) is 0.545. The maximum atomic E-state index is 9.63. The molecule has 1 fully saturated rings. The summed E-state index contributed by atoms with van der Waals surface area (Å²) < 4.78 is 5.63. The number of pyridine rings is 1. The van der Waals surface area contributed by atoms with Crippen LogP contribution in [0.2, 0.25) is 0 Å². The van der Waals surface area contributed by atoms with E-state index in [-0.39, 0.29) is 6.10 Å². The van der Waals surface area contributed by atoms with Gasteiger partial charge in [0.05, 0.1) is 12.1 Å². The third kappa shape index (κ3) is 1.36. The van der Waals surface area contributed by atoms with Gasteiger partial charge in [-0.3, -0.25) is 0 Å². The molecule has 2 unspecified atom stereocenters. The first-order valence-electron chi connectivity index (χ1n) is 5.29. The highest BCUT2D eigenvalue weighted by Gasteiger charge is 2.36. The topological polar surface area (TPSA) is 45.6 Å². The maximum absolute atomic E-state index is 9.63. The van der Waals surface area contributed by atoms with E-state index in [4.69, 9.17) is 4.74 Å². The lowest BCUT2D eigenvalue weighted by Gasteiger charge is -2.32. The van der Waals surface area contributed by atoms with E-state index in [1.54, 1.807) is 0 Å². The van der Waals surface area contributed by atoms with E-state index >= 15 is 0 Å². The molecule has 0 aliphatic carbocycles. The molecule has 1 saturated heterocycles. The summed E-state index contributed by atoms with van der Waals surface area (Å²) in [6.45, 7) is 3.31. The van der Waals surface area contributed by atoms with Crippen molar-refractivity contribution in [1.82, 2.24) is 4.98 Å². The fourth-order valence-electron chi connectivity index (χ4n) is 2.34. The molecule has 2 aliphatic rings. The Hall–Kier alpha value is -1.29. The molecule has 1 N–H and O–H groups in total. The van der Waals surface area contributed by atoms with Crippen LogP contribution in [0.4, 0.5) is 5.82 Å². The number of fused-ring (bicyclic) bond motifs is 3. The molecule has 0 bridgehead atoms. The summed E-state index contributed by atoms with van der Waals surface area (Å²) in [4.78, 5) is 6.64. The quantitative estimate of drug-likeness (QED) is 0.679. The second-order valence-corrected chi connectivity index (χ2v) is 4.28. The Morgan fingerprint density at radius 2 is 2.40 bits per heavy atom. The zero-order valence-corrected chi connectivity index (χ0v) is 8.68. The molecule has 0 amide bonds. The zero-order chi connectivity index (χ0) is 10.4. The summed E-state index contributed by atoms with van der Waals surface area (Å²) in [5.74, 6) is 1.73. The molecule has 3 heterocycles. The highest BCUT2D eigenvalue weighted by atomic mass is 16.5. The number of aliphatic hydroxyl groups is 1. The van der Waals surface area contributed by atoms with E-state index < -0.39 is 0 Å². The van der Waals surface area contributed by atoms with E-state index in [1.165, 1.54) is 0 Å². The van der Waals surface area contributed by atoms with Gasteiger partial charge in [0.2, 0.25) is 0 Å². The van der Waals surface area contributed by atoms with Gasteiger partial charge < -0.3 is 14.7 Å². The number of rotatable bonds is 0. The Morgan fingerprint density at radius 1 is 1.53 bits per heavy atom. The van der Waals surface area contributed by atoms with Gasteiger partial charge in [-0.1, -0.05) is 0 Å². The minimum Gasteiger partial charge on any atom is -0.488 e. The highest BCUT2D eigenvalue weighted by Crippen LogP contribution is 2.36. The summed E-state index contributed by atoms with van der Waals surface area (Å²) in [7, 11) is 0. The van der Waals surface area contributed by atoms with Crippen LogP contribution in [0.5, 0.6) is 5.75 Å². The smallest absolute Gasteiger partial charge is 0.172 e. The maximum Gasteiger partial charge on any atom is 0.172 e. The van der Waals surface area contributed by atoms with Crippen molar-refractivity contribution in [2.45, 2.75) is 25.5 Å². The third-order valence-corrected chi connectivity index (χ3v) is 3.07. The van der Waals surface area contributed by atoms with Gasteiger partial charge in [-0.05, 0) is 25.5 Å². The van der Waals surface area contributed by atoms with Crippen molar-refractivity contribution in [3.8, 4) is 5.75 Å². The standard InChI is InChI=1S/C11H14N2O2/c1-7-2-3-10-11(12-7)13-5-9(14)4-8(13)6-15-10/h2-3,8-9,14H,4-6H2,1H3. The summed E-state index contributed by atoms with van der Waals surface area (Å²) in [6, 6.07) is 4.20. The van der Waals surface area contributed by atoms with Gasteiger partial charge in [0, 0.05) is 12.2 Å². The summed E-state index contributed by atoms with van der Waals surface area (Å²) in [5, 5.41) is 9.63. The van der Waals surface area contributed by atoms with Gasteiger partial charge in [-0.25, -0.2) is 4.98 Å². The Balaban J connectivity index is 2.03. The van der Waals surface area contributed by atoms with Crippen molar-refractivity contribution in [3.05, 3.63) is 17.8 Å². The van der Waals surface area contributed by atoms with Gasteiger partial charge in [0.25, 0.3) is 0 Å². The number of aromatic nitrogens is 1. The van der Waals surface area contributed by atoms with Crippen LogP contribution < -0.4 is 9.64 Å². The predicted molar refractivity (Wildman–Crippen MR) is 56.2 cm³/mol. The van der Waals surface area contributed by atoms with Crippen molar-refractivity contribution in [2.24, 2.45) is 0 Å². The Labute approximate surface area is 88.5 Å². The van der Waals surface area contributed by atoms with Gasteiger partial charge >= 0.3 is 0 Å². The Bertz CT molecular complexity index is 394. The molecule has 2 aliphatic heterocycles. The molecule has 4 nitrogen and oxygen atoms in total. The van der Waals surface area contributed by atoms with Crippen LogP contribution in [0.15, 0.2) is 12.1 Å². The SMILES string of the molecule is Cc1ccc2c(n1)N1CC(O)CC1CO2. The highest BCUT2D eigenvalue weighted by molar-refractivity contribution is 5.56. The number of aryl methyl sites for hydroxylation is 1. The first kappa shape index (κ1) is 8.97. The van der Waals surface area contributed by atoms with Crippen LogP contribution in [0.1, 0.15) is 12.1 Å². The van der Waals surface area contributed by atoms with E-state index in [0.29, 0.717) is 19.2 Å². The largest absolute Gasteiger partial charge is 0.488 e. The van der Waals surface area contributed by atoms with E-state index in [1.807, 2.05) is 19.1 Å². The van der Waals surface area contributed by atoms with Crippen molar-refractivity contribution in [3.63, 3.8) is 0 Å². The van der Waals surface area contributed by atoms with E-state index in [9.17, 15) is 5.11 Å². The molecule has 1 aromatic rings. The minimum absolute atomic E-state index is 0.244. The molecule has 80 valence electrons. The third-order valence-electron chi connectivity index (χ3n) is 3.07. The summed E-state index contributed by atoms with van der Waals surface area (Å²) in [5.41, 5.74) is 0.986. The second-order valence-electron chi connectivity index (χ2n) is 4.28. The van der Waals surface area contributed by atoms with E-state index in [2.05, 4.69) is 9.88 Å². The summed E-state index contributed by atoms with van der Waals surface area (Å²) in [6.07, 6.45) is 0.543. The average molecular weight is 206 g/mol. The van der Waals surface area contributed by atoms with Crippen LogP contribution in [-0.2, 0) is 0 Å². The first-order chi connectivity index (χ1) is 7.24. The van der Waals surface area contributed by atoms with Crippen LogP contribution >= 0.6 is 0 Å².